The average molecular weight is 282 g/mol. The lowest BCUT2D eigenvalue weighted by Gasteiger charge is -2.16. The molecular formula is C16H18N4O. The molecule has 0 bridgehead atoms. The van der Waals surface area contributed by atoms with E-state index in [1.54, 1.807) is 0 Å². The van der Waals surface area contributed by atoms with Crippen LogP contribution in [0.1, 0.15) is 12.1 Å². The van der Waals surface area contributed by atoms with Gasteiger partial charge in [0, 0.05) is 25.7 Å². The average Bonchev–Trinajstić information content (AvgIpc) is 2.89. The maximum atomic E-state index is 12.2. The summed E-state index contributed by atoms with van der Waals surface area (Å²) in [7, 11) is 1.82. The summed E-state index contributed by atoms with van der Waals surface area (Å²) in [4.78, 5) is 14.0. The maximum absolute atomic E-state index is 12.2. The molecule has 5 nitrogen and oxygen atoms in total. The summed E-state index contributed by atoms with van der Waals surface area (Å²) in [5.74, 6) is 1.24. The highest BCUT2D eigenvalue weighted by atomic mass is 16.2. The van der Waals surface area contributed by atoms with Gasteiger partial charge in [-0.05, 0) is 36.6 Å². The van der Waals surface area contributed by atoms with Gasteiger partial charge in [0.15, 0.2) is 0 Å². The first kappa shape index (κ1) is 13.5. The van der Waals surface area contributed by atoms with Crippen LogP contribution in [0.5, 0.6) is 0 Å². The maximum Gasteiger partial charge on any atom is 0.227 e. The minimum Gasteiger partial charge on any atom is -0.372 e. The molecule has 2 aromatic rings. The standard InChI is InChI=1S/C16H18N4O/c1-17-15-8-7-13(18-19-15)9-12-10-16(21)20(11-12)14-5-3-2-4-6-14/h2-8,12H,9-11H2,1H3,(H,17,19)/t12-/m0/s1. The van der Waals surface area contributed by atoms with E-state index in [1.165, 1.54) is 0 Å². The predicted molar refractivity (Wildman–Crippen MR) is 82.2 cm³/mol. The zero-order valence-corrected chi connectivity index (χ0v) is 12.0. The Labute approximate surface area is 124 Å². The Morgan fingerprint density at radius 1 is 1.19 bits per heavy atom. The summed E-state index contributed by atoms with van der Waals surface area (Å²) >= 11 is 0. The van der Waals surface area contributed by atoms with Gasteiger partial charge in [-0.1, -0.05) is 18.2 Å². The summed E-state index contributed by atoms with van der Waals surface area (Å²) in [5, 5.41) is 11.2. The Balaban J connectivity index is 1.67. The third-order valence-electron chi connectivity index (χ3n) is 3.75. The zero-order valence-electron chi connectivity index (χ0n) is 12.0. The topological polar surface area (TPSA) is 58.1 Å². The molecule has 108 valence electrons. The van der Waals surface area contributed by atoms with Crippen LogP contribution in [0.3, 0.4) is 0 Å². The minimum absolute atomic E-state index is 0.186. The fraction of sp³-hybridized carbons (Fsp3) is 0.312. The van der Waals surface area contributed by atoms with Gasteiger partial charge < -0.3 is 10.2 Å². The summed E-state index contributed by atoms with van der Waals surface area (Å²) in [6, 6.07) is 13.7. The second kappa shape index (κ2) is 5.91. The van der Waals surface area contributed by atoms with Crippen molar-refractivity contribution >= 4 is 17.4 Å². The fourth-order valence-corrected chi connectivity index (χ4v) is 2.67. The minimum atomic E-state index is 0.186. The van der Waals surface area contributed by atoms with Crippen molar-refractivity contribution in [2.45, 2.75) is 12.8 Å². The van der Waals surface area contributed by atoms with Crippen molar-refractivity contribution in [1.82, 2.24) is 10.2 Å². The molecule has 0 saturated carbocycles. The van der Waals surface area contributed by atoms with Gasteiger partial charge in [0.05, 0.1) is 5.69 Å². The Bertz CT molecular complexity index is 612. The number of carbonyl (C=O) groups is 1. The number of amides is 1. The third kappa shape index (κ3) is 3.02. The number of nitrogens with zero attached hydrogens (tertiary/aromatic N) is 3. The number of para-hydroxylation sites is 1. The SMILES string of the molecule is CNc1ccc(C[C@H]2CC(=O)N(c3ccccc3)C2)nn1. The van der Waals surface area contributed by atoms with Gasteiger partial charge in [-0.3, -0.25) is 4.79 Å². The summed E-state index contributed by atoms with van der Waals surface area (Å²) < 4.78 is 0. The van der Waals surface area contributed by atoms with Gasteiger partial charge in [0.25, 0.3) is 0 Å². The van der Waals surface area contributed by atoms with Crippen LogP contribution in [0, 0.1) is 5.92 Å². The molecule has 21 heavy (non-hydrogen) atoms. The Morgan fingerprint density at radius 2 is 2.00 bits per heavy atom. The monoisotopic (exact) mass is 282 g/mol. The summed E-state index contributed by atoms with van der Waals surface area (Å²) in [6.45, 7) is 0.748. The van der Waals surface area contributed by atoms with Crippen molar-refractivity contribution in [3.8, 4) is 0 Å². The lowest BCUT2D eigenvalue weighted by molar-refractivity contribution is -0.117. The smallest absolute Gasteiger partial charge is 0.227 e. The van der Waals surface area contributed by atoms with E-state index < -0.39 is 0 Å². The largest absolute Gasteiger partial charge is 0.372 e. The van der Waals surface area contributed by atoms with E-state index in [4.69, 9.17) is 0 Å². The number of hydrogen-bond acceptors (Lipinski definition) is 4. The van der Waals surface area contributed by atoms with Crippen molar-refractivity contribution in [1.29, 1.82) is 0 Å². The summed E-state index contributed by atoms with van der Waals surface area (Å²) in [5.41, 5.74) is 1.91. The van der Waals surface area contributed by atoms with Crippen LogP contribution in [-0.2, 0) is 11.2 Å². The quantitative estimate of drug-likeness (QED) is 0.933. The number of rotatable bonds is 4. The molecule has 5 heteroatoms. The highest BCUT2D eigenvalue weighted by Gasteiger charge is 2.30. The second-order valence-corrected chi connectivity index (χ2v) is 5.27. The van der Waals surface area contributed by atoms with Gasteiger partial charge in [-0.15, -0.1) is 5.10 Å². The molecular weight excluding hydrogens is 264 g/mol. The van der Waals surface area contributed by atoms with Gasteiger partial charge in [0.2, 0.25) is 5.91 Å². The molecule has 3 rings (SSSR count). The van der Waals surface area contributed by atoms with Crippen molar-refractivity contribution in [3.63, 3.8) is 0 Å². The fourth-order valence-electron chi connectivity index (χ4n) is 2.67. The van der Waals surface area contributed by atoms with Crippen LogP contribution in [0.2, 0.25) is 0 Å². The van der Waals surface area contributed by atoms with Crippen molar-refractivity contribution in [2.75, 3.05) is 23.8 Å². The van der Waals surface area contributed by atoms with Gasteiger partial charge >= 0.3 is 0 Å². The van der Waals surface area contributed by atoms with E-state index >= 15 is 0 Å². The van der Waals surface area contributed by atoms with Crippen LogP contribution in [-0.4, -0.2) is 29.7 Å². The van der Waals surface area contributed by atoms with Crippen LogP contribution >= 0.6 is 0 Å². The molecule has 0 radical (unpaired) electrons. The molecule has 2 heterocycles. The van der Waals surface area contributed by atoms with Crippen molar-refractivity contribution in [2.24, 2.45) is 5.92 Å². The second-order valence-electron chi connectivity index (χ2n) is 5.27. The third-order valence-corrected chi connectivity index (χ3v) is 3.75. The lowest BCUT2D eigenvalue weighted by Crippen LogP contribution is -2.24. The predicted octanol–water partition coefficient (Wildman–Crippen LogP) is 2.11. The Hall–Kier alpha value is -2.43. The Kier molecular flexibility index (Phi) is 3.81. The van der Waals surface area contributed by atoms with Crippen LogP contribution in [0.4, 0.5) is 11.5 Å². The number of nitrogens with one attached hydrogen (secondary N) is 1. The molecule has 1 amide bonds. The number of aromatic nitrogens is 2. The first-order chi connectivity index (χ1) is 10.3. The molecule has 1 aromatic carbocycles. The first-order valence-electron chi connectivity index (χ1n) is 7.12. The van der Waals surface area contributed by atoms with Gasteiger partial charge in [-0.25, -0.2) is 0 Å². The van der Waals surface area contributed by atoms with Crippen LogP contribution in [0.15, 0.2) is 42.5 Å². The Morgan fingerprint density at radius 3 is 2.67 bits per heavy atom. The molecule has 0 spiro atoms. The molecule has 1 N–H and O–H groups in total. The molecule has 1 atom stereocenters. The molecule has 1 fully saturated rings. The van der Waals surface area contributed by atoms with Crippen molar-refractivity contribution < 1.29 is 4.79 Å². The zero-order chi connectivity index (χ0) is 14.7. The molecule has 0 unspecified atom stereocenters. The summed E-state index contributed by atoms with van der Waals surface area (Å²) in [6.07, 6.45) is 1.36. The van der Waals surface area contributed by atoms with E-state index in [0.29, 0.717) is 12.3 Å². The van der Waals surface area contributed by atoms with E-state index in [1.807, 2.05) is 54.4 Å². The number of carbonyl (C=O) groups excluding carboxylic acids is 1. The number of hydrogen-bond donors (Lipinski definition) is 1. The highest BCUT2D eigenvalue weighted by molar-refractivity contribution is 5.95. The van der Waals surface area contributed by atoms with E-state index in [-0.39, 0.29) is 5.91 Å². The normalized spacial score (nSPS) is 18.0. The first-order valence-corrected chi connectivity index (χ1v) is 7.12. The van der Waals surface area contributed by atoms with Crippen LogP contribution in [0.25, 0.3) is 0 Å². The van der Waals surface area contributed by atoms with Crippen LogP contribution < -0.4 is 10.2 Å². The lowest BCUT2D eigenvalue weighted by atomic mass is 10.0. The number of benzene rings is 1. The molecule has 1 aromatic heterocycles. The molecule has 1 aliphatic rings. The molecule has 1 aliphatic heterocycles. The van der Waals surface area contributed by atoms with E-state index in [9.17, 15) is 4.79 Å². The number of anilines is 2. The van der Waals surface area contributed by atoms with Crippen molar-refractivity contribution in [3.05, 3.63) is 48.2 Å². The molecule has 0 aliphatic carbocycles. The van der Waals surface area contributed by atoms with E-state index in [0.717, 1.165) is 30.2 Å². The molecule has 1 saturated heterocycles. The highest BCUT2D eigenvalue weighted by Crippen LogP contribution is 2.26. The van der Waals surface area contributed by atoms with Gasteiger partial charge in [-0.2, -0.15) is 5.10 Å². The van der Waals surface area contributed by atoms with Gasteiger partial charge in [0.1, 0.15) is 5.82 Å². The van der Waals surface area contributed by atoms with E-state index in [2.05, 4.69) is 15.5 Å².